The zero-order valence-corrected chi connectivity index (χ0v) is 23.7. The fourth-order valence-electron chi connectivity index (χ4n) is 6.39. The highest BCUT2D eigenvalue weighted by atomic mass is 19.3. The van der Waals surface area contributed by atoms with E-state index in [0.717, 1.165) is 42.9 Å². The number of allylic oxidation sites excluding steroid dienone is 1. The maximum absolute atomic E-state index is 14.9. The number of halogens is 3. The maximum atomic E-state index is 14.9. The number of alkyl halides is 3. The second kappa shape index (κ2) is 10.3. The third-order valence-corrected chi connectivity index (χ3v) is 8.96. The number of rotatable bonds is 10. The third-order valence-electron chi connectivity index (χ3n) is 8.96. The van der Waals surface area contributed by atoms with Crippen LogP contribution in [-0.2, 0) is 18.9 Å². The number of Topliss-reactive ketones (excluding diaryl/α,β-unsaturated/α-hetero) is 1. The number of likely N-dealkylation sites (N-methyl/N-ethyl adjacent to an activating group) is 1. The Morgan fingerprint density at radius 1 is 1.20 bits per heavy atom. The van der Waals surface area contributed by atoms with Gasteiger partial charge in [-0.25, -0.2) is 13.2 Å². The molecule has 0 spiro atoms. The lowest BCUT2D eigenvalue weighted by Gasteiger charge is -2.39. The summed E-state index contributed by atoms with van der Waals surface area (Å²) in [5.74, 6) is -3.75. The van der Waals surface area contributed by atoms with Gasteiger partial charge in [-0.05, 0) is 73.9 Å². The molecule has 2 atom stereocenters. The number of carbonyl (C=O) groups excluding carboxylic acids is 1. The molecule has 0 heterocycles. The van der Waals surface area contributed by atoms with E-state index in [4.69, 9.17) is 5.41 Å². The van der Waals surface area contributed by atoms with Crippen molar-refractivity contribution in [2.24, 2.45) is 0 Å². The molecule has 0 aromatic heterocycles. The highest BCUT2D eigenvalue weighted by Gasteiger charge is 2.48. The molecule has 2 aromatic rings. The molecule has 0 radical (unpaired) electrons. The van der Waals surface area contributed by atoms with Crippen LogP contribution in [0.4, 0.5) is 13.2 Å². The molecule has 2 N–H and O–H groups in total. The van der Waals surface area contributed by atoms with Crippen molar-refractivity contribution in [3.8, 4) is 0 Å². The zero-order valence-electron chi connectivity index (χ0n) is 23.7. The SMILES string of the molecule is CC(F)C(c1cccc(C=C2CC(=O)c3cc(CNC4(C)CCC4)cc(C(C)(F)F)c3C2)c1)C1(N(C)C=N)C=C1.[HH]. The zero-order chi connectivity index (χ0) is 28.9. The number of nitrogens with zero attached hydrogens (tertiary/aromatic N) is 1. The van der Waals surface area contributed by atoms with Gasteiger partial charge in [0.2, 0.25) is 0 Å². The van der Waals surface area contributed by atoms with Crippen molar-refractivity contribution in [3.63, 3.8) is 0 Å². The molecule has 2 unspecified atom stereocenters. The van der Waals surface area contributed by atoms with E-state index in [1.165, 1.54) is 13.3 Å². The van der Waals surface area contributed by atoms with Gasteiger partial charge in [-0.1, -0.05) is 48.1 Å². The number of hydrogen-bond donors (Lipinski definition) is 2. The van der Waals surface area contributed by atoms with Crippen LogP contribution in [0.15, 0.2) is 54.1 Å². The first-order chi connectivity index (χ1) is 18.8. The summed E-state index contributed by atoms with van der Waals surface area (Å²) in [6.07, 6.45) is 9.42. The minimum Gasteiger partial charge on any atom is -0.353 e. The summed E-state index contributed by atoms with van der Waals surface area (Å²) in [6.45, 7) is 5.01. The summed E-state index contributed by atoms with van der Waals surface area (Å²) in [4.78, 5) is 15.0. The van der Waals surface area contributed by atoms with Crippen LogP contribution in [0.5, 0.6) is 0 Å². The topological polar surface area (TPSA) is 56.2 Å². The van der Waals surface area contributed by atoms with Gasteiger partial charge in [0, 0.05) is 50.9 Å². The number of fused-ring (bicyclic) bond motifs is 1. The molecule has 40 heavy (non-hydrogen) atoms. The van der Waals surface area contributed by atoms with Gasteiger partial charge in [0.25, 0.3) is 5.92 Å². The Labute approximate surface area is 236 Å². The largest absolute Gasteiger partial charge is 0.353 e. The molecule has 7 heteroatoms. The van der Waals surface area contributed by atoms with Gasteiger partial charge in [0.05, 0.1) is 11.9 Å². The van der Waals surface area contributed by atoms with Crippen molar-refractivity contribution < 1.29 is 19.4 Å². The van der Waals surface area contributed by atoms with Crippen LogP contribution in [0.25, 0.3) is 6.08 Å². The Morgan fingerprint density at radius 2 is 1.93 bits per heavy atom. The summed E-state index contributed by atoms with van der Waals surface area (Å²) in [6, 6.07) is 10.9. The Kier molecular flexibility index (Phi) is 7.32. The summed E-state index contributed by atoms with van der Waals surface area (Å²) >= 11 is 0. The quantitative estimate of drug-likeness (QED) is 0.182. The van der Waals surface area contributed by atoms with Crippen LogP contribution in [0.1, 0.15) is 92.0 Å². The van der Waals surface area contributed by atoms with Crippen molar-refractivity contribution in [3.05, 3.63) is 87.5 Å². The average Bonchev–Trinajstić information content (AvgIpc) is 3.66. The highest BCUT2D eigenvalue weighted by molar-refractivity contribution is 6.01. The molecule has 0 saturated heterocycles. The summed E-state index contributed by atoms with van der Waals surface area (Å²) in [5, 5.41) is 11.2. The van der Waals surface area contributed by atoms with Crippen LogP contribution in [0.3, 0.4) is 0 Å². The van der Waals surface area contributed by atoms with E-state index in [9.17, 15) is 18.0 Å². The van der Waals surface area contributed by atoms with Crippen LogP contribution in [0.2, 0.25) is 0 Å². The molecule has 214 valence electrons. The van der Waals surface area contributed by atoms with Crippen LogP contribution in [0, 0.1) is 5.41 Å². The minimum atomic E-state index is -3.08. The van der Waals surface area contributed by atoms with Gasteiger partial charge in [-0.15, -0.1) is 0 Å². The first-order valence-electron chi connectivity index (χ1n) is 14.0. The van der Waals surface area contributed by atoms with Gasteiger partial charge in [-0.2, -0.15) is 0 Å². The van der Waals surface area contributed by atoms with E-state index in [1.807, 2.05) is 42.5 Å². The maximum Gasteiger partial charge on any atom is 0.270 e. The van der Waals surface area contributed by atoms with Gasteiger partial charge in [-0.3, -0.25) is 10.2 Å². The van der Waals surface area contributed by atoms with Crippen LogP contribution in [-0.4, -0.2) is 41.3 Å². The van der Waals surface area contributed by atoms with E-state index in [-0.39, 0.29) is 31.2 Å². The van der Waals surface area contributed by atoms with Crippen molar-refractivity contribution in [1.29, 1.82) is 5.41 Å². The second-order valence-corrected chi connectivity index (χ2v) is 12.2. The van der Waals surface area contributed by atoms with Crippen molar-refractivity contribution >= 4 is 18.2 Å². The van der Waals surface area contributed by atoms with E-state index in [0.29, 0.717) is 23.2 Å². The average molecular weight is 552 g/mol. The number of nitrogens with one attached hydrogen (secondary N) is 2. The first-order valence-corrected chi connectivity index (χ1v) is 14.0. The molecule has 1 fully saturated rings. The lowest BCUT2D eigenvalue weighted by Crippen LogP contribution is -2.47. The minimum absolute atomic E-state index is 0. The summed E-state index contributed by atoms with van der Waals surface area (Å²) in [5.41, 5.74) is 3.11. The number of carbonyl (C=O) groups is 1. The third kappa shape index (κ3) is 5.40. The fraction of sp³-hybridized carbons (Fsp3) is 0.455. The lowest BCUT2D eigenvalue weighted by atomic mass is 9.78. The molecular weight excluding hydrogens is 511 g/mol. The molecule has 5 rings (SSSR count). The van der Waals surface area contributed by atoms with Crippen LogP contribution >= 0.6 is 0 Å². The number of ketones is 1. The Morgan fingerprint density at radius 3 is 2.50 bits per heavy atom. The molecule has 4 nitrogen and oxygen atoms in total. The second-order valence-electron chi connectivity index (χ2n) is 12.2. The van der Waals surface area contributed by atoms with Gasteiger partial charge >= 0.3 is 0 Å². The Hall–Kier alpha value is -3.19. The normalized spacial score (nSPS) is 21.4. The monoisotopic (exact) mass is 551 g/mol. The molecule has 0 aliphatic heterocycles. The predicted octanol–water partition coefficient (Wildman–Crippen LogP) is 7.58. The highest BCUT2D eigenvalue weighted by Crippen LogP contribution is 2.46. The fourth-order valence-corrected chi connectivity index (χ4v) is 6.39. The van der Waals surface area contributed by atoms with E-state index in [2.05, 4.69) is 12.2 Å². The summed E-state index contributed by atoms with van der Waals surface area (Å²) in [7, 11) is 1.76. The number of hydrogen-bond acceptors (Lipinski definition) is 3. The van der Waals surface area contributed by atoms with E-state index in [1.54, 1.807) is 24.1 Å². The van der Waals surface area contributed by atoms with Crippen molar-refractivity contribution in [1.82, 2.24) is 10.2 Å². The van der Waals surface area contributed by atoms with Crippen molar-refractivity contribution in [2.45, 2.75) is 88.5 Å². The molecular formula is C33H40F3N3O. The van der Waals surface area contributed by atoms with Gasteiger partial charge < -0.3 is 10.2 Å². The molecule has 0 bridgehead atoms. The first kappa shape index (κ1) is 28.3. The molecule has 1 saturated carbocycles. The lowest BCUT2D eigenvalue weighted by molar-refractivity contribution is 0.0164. The molecule has 3 aliphatic carbocycles. The molecule has 0 amide bonds. The van der Waals surface area contributed by atoms with Gasteiger partial charge in [0.1, 0.15) is 6.17 Å². The number of benzene rings is 2. The van der Waals surface area contributed by atoms with E-state index >= 15 is 0 Å². The van der Waals surface area contributed by atoms with Gasteiger partial charge in [0.15, 0.2) is 5.78 Å². The molecule has 3 aliphatic rings. The molecule has 2 aromatic carbocycles. The standard InChI is InChI=1S/C33H38F3N3O.H2/c1-21(34)30(33(11-12-33)39(4)20-37)25-8-5-7-22(14-25)13-23-15-26-27(29(40)18-23)16-24(17-28(26)32(3,35)36)19-38-31(2)9-6-10-31;/h5,7-8,11-14,16-17,20-21,30,37-38H,6,9-10,15,18-19H2,1-4H3;1H. The van der Waals surface area contributed by atoms with Crippen molar-refractivity contribution in [2.75, 3.05) is 7.05 Å². The van der Waals surface area contributed by atoms with E-state index < -0.39 is 23.6 Å². The smallest absolute Gasteiger partial charge is 0.270 e. The Balaban J connectivity index is 0.00000387. The Bertz CT molecular complexity index is 1380. The van der Waals surface area contributed by atoms with Crippen LogP contribution < -0.4 is 5.32 Å². The summed E-state index contributed by atoms with van der Waals surface area (Å²) < 4.78 is 44.7. The predicted molar refractivity (Wildman–Crippen MR) is 156 cm³/mol.